The molecule has 2 aromatic heterocycles. The molecule has 0 aliphatic carbocycles. The Bertz CT molecular complexity index is 1660. The number of sulfonamides is 1. The van der Waals surface area contributed by atoms with E-state index in [1.54, 1.807) is 12.3 Å². The van der Waals surface area contributed by atoms with Crippen molar-refractivity contribution in [3.8, 4) is 5.69 Å². The van der Waals surface area contributed by atoms with Gasteiger partial charge in [-0.3, -0.25) is 9.71 Å². The number of hydrogen-bond acceptors (Lipinski definition) is 4. The molecule has 202 valence electrons. The van der Waals surface area contributed by atoms with E-state index in [1.807, 2.05) is 37.3 Å². The van der Waals surface area contributed by atoms with Gasteiger partial charge in [0.05, 0.1) is 29.7 Å². The molecular formula is C30H33N5O2S2. The highest BCUT2D eigenvalue weighted by Crippen LogP contribution is 2.44. The molecule has 1 fully saturated rings. The highest BCUT2D eigenvalue weighted by Gasteiger charge is 2.42. The molecule has 0 amide bonds. The van der Waals surface area contributed by atoms with Crippen LogP contribution in [0.25, 0.3) is 5.69 Å². The average Bonchev–Trinajstić information content (AvgIpc) is 3.34. The molecular weight excluding hydrogens is 526 g/mol. The Morgan fingerprint density at radius 3 is 2.26 bits per heavy atom. The second-order valence-corrected chi connectivity index (χ2v) is 12.5. The normalized spacial score (nSPS) is 17.4. The maximum atomic E-state index is 11.9. The lowest BCUT2D eigenvalue weighted by molar-refractivity contribution is 0.565. The van der Waals surface area contributed by atoms with Crippen LogP contribution in [-0.2, 0) is 10.0 Å². The first-order valence-electron chi connectivity index (χ1n) is 12.8. The first kappa shape index (κ1) is 26.9. The number of nitrogens with one attached hydrogen (secondary N) is 2. The van der Waals surface area contributed by atoms with Gasteiger partial charge in [0.1, 0.15) is 0 Å². The highest BCUT2D eigenvalue weighted by atomic mass is 32.2. The third-order valence-electron chi connectivity index (χ3n) is 7.14. The lowest BCUT2D eigenvalue weighted by atomic mass is 9.96. The maximum Gasteiger partial charge on any atom is 0.229 e. The van der Waals surface area contributed by atoms with Crippen LogP contribution in [0.5, 0.6) is 0 Å². The van der Waals surface area contributed by atoms with E-state index in [1.165, 1.54) is 11.1 Å². The molecule has 5 rings (SSSR count). The molecule has 39 heavy (non-hydrogen) atoms. The SMILES string of the molecule is Cc1cc(C)cc(-n2c(C)cc(C3C(c4ccccn4)NC(=S)N3c3ccc(NS(C)(=O)=O)c(C)c3)c2C)c1. The van der Waals surface area contributed by atoms with Gasteiger partial charge < -0.3 is 14.8 Å². The van der Waals surface area contributed by atoms with E-state index in [9.17, 15) is 8.42 Å². The minimum atomic E-state index is -3.39. The zero-order valence-corrected chi connectivity index (χ0v) is 24.6. The summed E-state index contributed by atoms with van der Waals surface area (Å²) in [6.07, 6.45) is 2.95. The van der Waals surface area contributed by atoms with Crippen molar-refractivity contribution in [1.82, 2.24) is 14.9 Å². The van der Waals surface area contributed by atoms with Gasteiger partial charge in [-0.1, -0.05) is 12.1 Å². The van der Waals surface area contributed by atoms with E-state index in [4.69, 9.17) is 12.2 Å². The zero-order valence-electron chi connectivity index (χ0n) is 23.0. The lowest BCUT2D eigenvalue weighted by Crippen LogP contribution is -2.29. The minimum Gasteiger partial charge on any atom is -0.351 e. The molecule has 1 saturated heterocycles. The standard InChI is InChI=1S/C30H33N5O2S2/c1-18-13-19(2)15-24(14-18)34-21(4)17-25(22(34)5)29-28(27-9-7-8-12-31-27)32-30(38)35(29)23-10-11-26(20(3)16-23)33-39(6,36)37/h7-17,28-29,33H,1-6H3,(H,32,38). The van der Waals surface area contributed by atoms with Crippen molar-refractivity contribution in [2.24, 2.45) is 0 Å². The molecule has 3 heterocycles. The molecule has 0 saturated carbocycles. The number of pyridine rings is 1. The Morgan fingerprint density at radius 1 is 0.923 bits per heavy atom. The molecule has 2 N–H and O–H groups in total. The van der Waals surface area contributed by atoms with Crippen molar-refractivity contribution < 1.29 is 8.42 Å². The van der Waals surface area contributed by atoms with Gasteiger partial charge in [-0.25, -0.2) is 8.42 Å². The molecule has 0 bridgehead atoms. The number of nitrogens with zero attached hydrogens (tertiary/aromatic N) is 3. The molecule has 9 heteroatoms. The molecule has 1 aliphatic rings. The van der Waals surface area contributed by atoms with Crippen molar-refractivity contribution in [2.45, 2.75) is 46.7 Å². The van der Waals surface area contributed by atoms with Crippen LogP contribution in [-0.4, -0.2) is 29.3 Å². The predicted octanol–water partition coefficient (Wildman–Crippen LogP) is 5.96. The van der Waals surface area contributed by atoms with E-state index in [0.717, 1.165) is 45.8 Å². The van der Waals surface area contributed by atoms with Gasteiger partial charge in [0.25, 0.3) is 0 Å². The largest absolute Gasteiger partial charge is 0.351 e. The van der Waals surface area contributed by atoms with Gasteiger partial charge in [0.2, 0.25) is 10.0 Å². The summed E-state index contributed by atoms with van der Waals surface area (Å²) in [6.45, 7) is 10.4. The second kappa shape index (κ2) is 10.1. The summed E-state index contributed by atoms with van der Waals surface area (Å²) < 4.78 is 28.6. The van der Waals surface area contributed by atoms with Crippen LogP contribution in [0, 0.1) is 34.6 Å². The van der Waals surface area contributed by atoms with E-state index >= 15 is 0 Å². The second-order valence-electron chi connectivity index (χ2n) is 10.4. The van der Waals surface area contributed by atoms with Crippen LogP contribution >= 0.6 is 12.2 Å². The van der Waals surface area contributed by atoms with Crippen LogP contribution < -0.4 is 14.9 Å². The third kappa shape index (κ3) is 5.29. The van der Waals surface area contributed by atoms with Crippen molar-refractivity contribution in [1.29, 1.82) is 0 Å². The number of hydrogen-bond donors (Lipinski definition) is 2. The summed E-state index contributed by atoms with van der Waals surface area (Å²) in [5.74, 6) is 0. The maximum absolute atomic E-state index is 11.9. The molecule has 4 aromatic rings. The van der Waals surface area contributed by atoms with Crippen LogP contribution in [0.3, 0.4) is 0 Å². The number of aromatic nitrogens is 2. The lowest BCUT2D eigenvalue weighted by Gasteiger charge is -2.29. The quantitative estimate of drug-likeness (QED) is 0.284. The van der Waals surface area contributed by atoms with E-state index < -0.39 is 10.0 Å². The summed E-state index contributed by atoms with van der Waals surface area (Å²) in [5.41, 5.74) is 10.1. The van der Waals surface area contributed by atoms with Gasteiger partial charge in [-0.15, -0.1) is 0 Å². The molecule has 2 aromatic carbocycles. The molecule has 0 radical (unpaired) electrons. The summed E-state index contributed by atoms with van der Waals surface area (Å²) >= 11 is 5.92. The van der Waals surface area contributed by atoms with Crippen molar-refractivity contribution >= 4 is 38.7 Å². The van der Waals surface area contributed by atoms with E-state index in [0.29, 0.717) is 10.8 Å². The first-order valence-corrected chi connectivity index (χ1v) is 15.1. The van der Waals surface area contributed by atoms with E-state index in [-0.39, 0.29) is 12.1 Å². The smallest absolute Gasteiger partial charge is 0.229 e. The first-order chi connectivity index (χ1) is 18.4. The minimum absolute atomic E-state index is 0.175. The Labute approximate surface area is 235 Å². The van der Waals surface area contributed by atoms with Gasteiger partial charge in [0, 0.05) is 29.0 Å². The zero-order chi connectivity index (χ0) is 28.1. The van der Waals surface area contributed by atoms with Gasteiger partial charge >= 0.3 is 0 Å². The topological polar surface area (TPSA) is 79.3 Å². The molecule has 7 nitrogen and oxygen atoms in total. The number of anilines is 2. The van der Waals surface area contributed by atoms with Gasteiger partial charge in [-0.05, 0) is 118 Å². The van der Waals surface area contributed by atoms with Crippen LogP contribution in [0.15, 0.2) is 66.9 Å². The number of aryl methyl sites for hydroxylation is 4. The number of rotatable bonds is 6. The fourth-order valence-corrected chi connectivity index (χ4v) is 6.60. The molecule has 0 spiro atoms. The van der Waals surface area contributed by atoms with Gasteiger partial charge in [-0.2, -0.15) is 0 Å². The third-order valence-corrected chi connectivity index (χ3v) is 8.04. The molecule has 2 atom stereocenters. The monoisotopic (exact) mass is 559 g/mol. The van der Waals surface area contributed by atoms with Crippen LogP contribution in [0.1, 0.15) is 51.4 Å². The number of thiocarbonyl (C=S) groups is 1. The predicted molar refractivity (Wildman–Crippen MR) is 162 cm³/mol. The van der Waals surface area contributed by atoms with Crippen molar-refractivity contribution in [3.05, 3.63) is 106 Å². The highest BCUT2D eigenvalue weighted by molar-refractivity contribution is 7.92. The number of benzene rings is 2. The van der Waals surface area contributed by atoms with Crippen molar-refractivity contribution in [2.75, 3.05) is 15.9 Å². The van der Waals surface area contributed by atoms with Gasteiger partial charge in [0.15, 0.2) is 5.11 Å². The van der Waals surface area contributed by atoms with E-state index in [2.05, 4.69) is 76.5 Å². The Kier molecular flexibility index (Phi) is 6.99. The average molecular weight is 560 g/mol. The molecule has 1 aliphatic heterocycles. The van der Waals surface area contributed by atoms with Crippen LogP contribution in [0.2, 0.25) is 0 Å². The fourth-order valence-electron chi connectivity index (χ4n) is 5.63. The summed E-state index contributed by atoms with van der Waals surface area (Å²) in [4.78, 5) is 6.80. The Hall–Kier alpha value is -3.69. The Morgan fingerprint density at radius 2 is 1.64 bits per heavy atom. The summed E-state index contributed by atoms with van der Waals surface area (Å²) in [6, 6.07) is 20.1. The molecule has 2 unspecified atom stereocenters. The summed E-state index contributed by atoms with van der Waals surface area (Å²) in [5, 5.41) is 4.12. The van der Waals surface area contributed by atoms with Crippen molar-refractivity contribution in [3.63, 3.8) is 0 Å². The summed E-state index contributed by atoms with van der Waals surface area (Å²) in [7, 11) is -3.39. The van der Waals surface area contributed by atoms with Crippen LogP contribution in [0.4, 0.5) is 11.4 Å². The fraction of sp³-hybridized carbons (Fsp3) is 0.267. The Balaban J connectivity index is 1.66.